The summed E-state index contributed by atoms with van der Waals surface area (Å²) in [5, 5.41) is 9.41. The number of furan rings is 1. The molecule has 3 heterocycles. The first-order valence-corrected chi connectivity index (χ1v) is 14.4. The highest BCUT2D eigenvalue weighted by Gasteiger charge is 2.35. The number of para-hydroxylation sites is 1. The molecule has 0 saturated heterocycles. The average Bonchev–Trinajstić information content (AvgIpc) is 3.56. The van der Waals surface area contributed by atoms with Crippen molar-refractivity contribution >= 4 is 29.4 Å². The maximum atomic E-state index is 14.0. The lowest BCUT2D eigenvalue weighted by Crippen LogP contribution is -2.40. The Labute approximate surface area is 245 Å². The van der Waals surface area contributed by atoms with Crippen molar-refractivity contribution in [3.8, 4) is 17.1 Å². The van der Waals surface area contributed by atoms with Gasteiger partial charge in [0.2, 0.25) is 0 Å². The molecule has 0 saturated carbocycles. The SMILES string of the molecule is CCCC1=C(C(=O)OCC)[C@H](c2ccccc2OC)n2c(s/c(=C\c3ccc(-c4cc(C(=O)O)ccc4C)o3)c2=O)=N1. The molecule has 1 atom stereocenters. The Hall–Kier alpha value is -4.70. The highest BCUT2D eigenvalue weighted by molar-refractivity contribution is 7.07. The second-order valence-corrected chi connectivity index (χ2v) is 10.7. The number of aryl methyl sites for hydroxylation is 1. The molecule has 0 unspecified atom stereocenters. The summed E-state index contributed by atoms with van der Waals surface area (Å²) in [5.74, 6) is -0.117. The lowest BCUT2D eigenvalue weighted by molar-refractivity contribution is -0.139. The summed E-state index contributed by atoms with van der Waals surface area (Å²) >= 11 is 1.20. The Kier molecular flexibility index (Phi) is 8.26. The number of carbonyl (C=O) groups excluding carboxylic acids is 1. The van der Waals surface area contributed by atoms with Crippen molar-refractivity contribution in [1.29, 1.82) is 0 Å². The third-order valence-corrected chi connectivity index (χ3v) is 7.96. The maximum Gasteiger partial charge on any atom is 0.338 e. The Morgan fingerprint density at radius 3 is 2.64 bits per heavy atom. The zero-order chi connectivity index (χ0) is 30.0. The van der Waals surface area contributed by atoms with Crippen molar-refractivity contribution in [2.75, 3.05) is 13.7 Å². The quantitative estimate of drug-likeness (QED) is 0.278. The van der Waals surface area contributed by atoms with E-state index in [0.29, 0.717) is 55.4 Å². The van der Waals surface area contributed by atoms with Gasteiger partial charge >= 0.3 is 11.9 Å². The molecule has 0 bridgehead atoms. The molecule has 0 spiro atoms. The number of methoxy groups -OCH3 is 1. The molecule has 0 fully saturated rings. The number of fused-ring (bicyclic) bond motifs is 1. The number of carboxylic acid groups (broad SMARTS) is 1. The molecule has 2 aromatic carbocycles. The van der Waals surface area contributed by atoms with Gasteiger partial charge in [-0.2, -0.15) is 0 Å². The minimum atomic E-state index is -1.03. The van der Waals surface area contributed by atoms with E-state index in [9.17, 15) is 19.5 Å². The average molecular weight is 587 g/mol. The smallest absolute Gasteiger partial charge is 0.338 e. The van der Waals surface area contributed by atoms with Crippen molar-refractivity contribution in [3.63, 3.8) is 0 Å². The van der Waals surface area contributed by atoms with Gasteiger partial charge in [-0.05, 0) is 56.2 Å². The number of thiazole rings is 1. The molecular weight excluding hydrogens is 556 g/mol. The Balaban J connectivity index is 1.68. The number of ether oxygens (including phenoxy) is 2. The van der Waals surface area contributed by atoms with Crippen LogP contribution >= 0.6 is 11.3 Å². The van der Waals surface area contributed by atoms with Crippen LogP contribution in [0, 0.1) is 6.92 Å². The summed E-state index contributed by atoms with van der Waals surface area (Å²) in [7, 11) is 1.55. The third-order valence-electron chi connectivity index (χ3n) is 6.98. The van der Waals surface area contributed by atoms with Crippen molar-refractivity contribution in [1.82, 2.24) is 4.57 Å². The van der Waals surface area contributed by atoms with Crippen LogP contribution in [-0.4, -0.2) is 35.3 Å². The number of rotatable bonds is 9. The first-order valence-electron chi connectivity index (χ1n) is 13.6. The number of allylic oxidation sites excluding steroid dienone is 1. The predicted molar refractivity (Wildman–Crippen MR) is 158 cm³/mol. The van der Waals surface area contributed by atoms with Gasteiger partial charge in [-0.15, -0.1) is 0 Å². The van der Waals surface area contributed by atoms with E-state index in [0.717, 1.165) is 12.0 Å². The zero-order valence-corrected chi connectivity index (χ0v) is 24.5. The molecule has 1 aliphatic heterocycles. The molecule has 10 heteroatoms. The fourth-order valence-corrected chi connectivity index (χ4v) is 6.03. The lowest BCUT2D eigenvalue weighted by Gasteiger charge is -2.26. The summed E-state index contributed by atoms with van der Waals surface area (Å²) in [5.41, 5.74) is 2.85. The zero-order valence-electron chi connectivity index (χ0n) is 23.7. The van der Waals surface area contributed by atoms with Crippen LogP contribution in [0.1, 0.15) is 60.0 Å². The number of carboxylic acids is 1. The summed E-state index contributed by atoms with van der Waals surface area (Å²) in [6.45, 7) is 5.79. The third kappa shape index (κ3) is 5.33. The van der Waals surface area contributed by atoms with Gasteiger partial charge < -0.3 is 19.0 Å². The monoisotopic (exact) mass is 586 g/mol. The highest BCUT2D eigenvalue weighted by atomic mass is 32.1. The summed E-state index contributed by atoms with van der Waals surface area (Å²) in [4.78, 5) is 44.1. The predicted octanol–water partition coefficient (Wildman–Crippen LogP) is 4.85. The van der Waals surface area contributed by atoms with Crippen LogP contribution in [0.5, 0.6) is 5.75 Å². The number of benzene rings is 2. The second kappa shape index (κ2) is 12.0. The number of hydrogen-bond acceptors (Lipinski definition) is 8. The van der Waals surface area contributed by atoms with Crippen LogP contribution < -0.4 is 19.6 Å². The Morgan fingerprint density at radius 2 is 1.93 bits per heavy atom. The van der Waals surface area contributed by atoms with Crippen LogP contribution in [-0.2, 0) is 9.53 Å². The minimum absolute atomic E-state index is 0.151. The summed E-state index contributed by atoms with van der Waals surface area (Å²) in [6.07, 6.45) is 2.91. The Morgan fingerprint density at radius 1 is 1.14 bits per heavy atom. The van der Waals surface area contributed by atoms with Gasteiger partial charge in [0.25, 0.3) is 5.56 Å². The largest absolute Gasteiger partial charge is 0.496 e. The van der Waals surface area contributed by atoms with Crippen LogP contribution in [0.4, 0.5) is 0 Å². The van der Waals surface area contributed by atoms with Gasteiger partial charge in [0.1, 0.15) is 23.3 Å². The highest BCUT2D eigenvalue weighted by Crippen LogP contribution is 2.37. The first-order chi connectivity index (χ1) is 20.3. The standard InChI is InChI=1S/C32H30N2O7S/c1-5-9-23-27(31(38)40-6-2)28(21-10-7-8-11-24(21)39-4)34-29(35)26(42-32(34)33-23)17-20-14-15-25(41-20)22-16-19(30(36)37)13-12-18(22)3/h7-8,10-17,28H,5-6,9H2,1-4H3,(H,36,37)/b26-17-/t28-/m0/s1. The van der Waals surface area contributed by atoms with E-state index in [4.69, 9.17) is 18.9 Å². The summed E-state index contributed by atoms with van der Waals surface area (Å²) in [6, 6.07) is 14.8. The molecule has 1 aliphatic rings. The molecular formula is C32H30N2O7S. The molecule has 2 aromatic heterocycles. The van der Waals surface area contributed by atoms with Gasteiger partial charge in [0, 0.05) is 17.2 Å². The van der Waals surface area contributed by atoms with Crippen LogP contribution in [0.25, 0.3) is 17.4 Å². The summed E-state index contributed by atoms with van der Waals surface area (Å²) < 4.78 is 19.0. The normalized spacial score (nSPS) is 14.9. The van der Waals surface area contributed by atoms with Gasteiger partial charge in [-0.1, -0.05) is 48.9 Å². The maximum absolute atomic E-state index is 14.0. The van der Waals surface area contributed by atoms with E-state index in [1.807, 2.05) is 32.0 Å². The number of hydrogen-bond donors (Lipinski definition) is 1. The van der Waals surface area contributed by atoms with Crippen molar-refractivity contribution < 1.29 is 28.6 Å². The number of aromatic nitrogens is 1. The van der Waals surface area contributed by atoms with Gasteiger partial charge in [0.15, 0.2) is 4.80 Å². The first kappa shape index (κ1) is 28.8. The molecule has 0 amide bonds. The number of esters is 1. The lowest BCUT2D eigenvalue weighted by atomic mass is 9.93. The fraction of sp³-hybridized carbons (Fsp3) is 0.250. The van der Waals surface area contributed by atoms with Gasteiger partial charge in [-0.25, -0.2) is 14.6 Å². The molecule has 0 radical (unpaired) electrons. The number of nitrogens with zero attached hydrogens (tertiary/aromatic N) is 2. The van der Waals surface area contributed by atoms with Crippen LogP contribution in [0.3, 0.4) is 0 Å². The van der Waals surface area contributed by atoms with Crippen LogP contribution in [0.2, 0.25) is 0 Å². The Bertz CT molecular complexity index is 1890. The van der Waals surface area contributed by atoms with E-state index in [-0.39, 0.29) is 17.7 Å². The molecule has 4 aromatic rings. The van der Waals surface area contributed by atoms with Crippen molar-refractivity contribution in [2.24, 2.45) is 4.99 Å². The molecule has 9 nitrogen and oxygen atoms in total. The number of carbonyl (C=O) groups is 2. The minimum Gasteiger partial charge on any atom is -0.496 e. The fourth-order valence-electron chi connectivity index (χ4n) is 5.03. The van der Waals surface area contributed by atoms with E-state index in [1.165, 1.54) is 15.9 Å². The van der Waals surface area contributed by atoms with Crippen molar-refractivity contribution in [3.05, 3.63) is 108 Å². The molecule has 42 heavy (non-hydrogen) atoms. The molecule has 216 valence electrons. The number of aromatic carboxylic acids is 1. The molecule has 0 aliphatic carbocycles. The second-order valence-electron chi connectivity index (χ2n) is 9.69. The van der Waals surface area contributed by atoms with E-state index in [2.05, 4.69) is 0 Å². The van der Waals surface area contributed by atoms with E-state index < -0.39 is 18.0 Å². The van der Waals surface area contributed by atoms with E-state index in [1.54, 1.807) is 56.5 Å². The van der Waals surface area contributed by atoms with E-state index >= 15 is 0 Å². The van der Waals surface area contributed by atoms with Gasteiger partial charge in [-0.3, -0.25) is 9.36 Å². The topological polar surface area (TPSA) is 120 Å². The molecule has 1 N–H and O–H groups in total. The molecule has 5 rings (SSSR count). The van der Waals surface area contributed by atoms with Crippen molar-refractivity contribution in [2.45, 2.75) is 39.7 Å². The van der Waals surface area contributed by atoms with Gasteiger partial charge in [0.05, 0.1) is 35.1 Å². The van der Waals surface area contributed by atoms with Crippen LogP contribution in [0.15, 0.2) is 80.1 Å².